The number of carbonyl (C=O) groups is 1. The van der Waals surface area contributed by atoms with Crippen molar-refractivity contribution >= 4 is 17.7 Å². The van der Waals surface area contributed by atoms with Gasteiger partial charge in [-0.05, 0) is 24.1 Å². The first kappa shape index (κ1) is 21.3. The summed E-state index contributed by atoms with van der Waals surface area (Å²) in [4.78, 5) is 20.3. The summed E-state index contributed by atoms with van der Waals surface area (Å²) < 4.78 is 16.1. The van der Waals surface area contributed by atoms with Crippen molar-refractivity contribution in [3.63, 3.8) is 0 Å². The van der Waals surface area contributed by atoms with Crippen LogP contribution < -0.4 is 25.3 Å². The number of amides is 1. The van der Waals surface area contributed by atoms with E-state index in [1.165, 1.54) is 0 Å². The molecule has 0 fully saturated rings. The summed E-state index contributed by atoms with van der Waals surface area (Å²) >= 11 is 0. The van der Waals surface area contributed by atoms with Crippen LogP contribution in [0.1, 0.15) is 43.7 Å². The lowest BCUT2D eigenvalue weighted by atomic mass is 10.1. The summed E-state index contributed by atoms with van der Waals surface area (Å²) in [6.07, 6.45) is 5.47. The molecule has 0 aliphatic rings. The molecule has 1 heterocycles. The first-order chi connectivity index (χ1) is 13.5. The fraction of sp³-hybridized carbons (Fsp3) is 0.450. The van der Waals surface area contributed by atoms with Crippen LogP contribution in [-0.2, 0) is 11.2 Å². The lowest BCUT2D eigenvalue weighted by Gasteiger charge is -2.14. The Kier molecular flexibility index (Phi) is 7.86. The lowest BCUT2D eigenvalue weighted by molar-refractivity contribution is -0.116. The molecule has 0 aliphatic carbocycles. The molecular weight excluding hydrogens is 360 g/mol. The van der Waals surface area contributed by atoms with E-state index in [4.69, 9.17) is 19.9 Å². The zero-order valence-electron chi connectivity index (χ0n) is 16.9. The number of benzene rings is 1. The van der Waals surface area contributed by atoms with Gasteiger partial charge in [0.1, 0.15) is 5.82 Å². The molecule has 0 spiro atoms. The van der Waals surface area contributed by atoms with Crippen LogP contribution in [0.5, 0.6) is 17.2 Å². The number of rotatable bonds is 10. The van der Waals surface area contributed by atoms with Crippen molar-refractivity contribution in [2.45, 2.75) is 39.0 Å². The van der Waals surface area contributed by atoms with E-state index in [0.29, 0.717) is 35.9 Å². The number of ether oxygens (including phenoxy) is 3. The smallest absolute Gasteiger partial charge is 0.231 e. The maximum atomic E-state index is 11.9. The van der Waals surface area contributed by atoms with E-state index in [0.717, 1.165) is 30.4 Å². The second kappa shape index (κ2) is 10.3. The Hall–Kier alpha value is -3.03. The van der Waals surface area contributed by atoms with Crippen LogP contribution in [0.3, 0.4) is 0 Å². The minimum atomic E-state index is -0.106. The van der Waals surface area contributed by atoms with Crippen LogP contribution in [-0.4, -0.2) is 37.2 Å². The van der Waals surface area contributed by atoms with Gasteiger partial charge in [0.05, 0.1) is 21.3 Å². The monoisotopic (exact) mass is 388 g/mol. The van der Waals surface area contributed by atoms with Crippen molar-refractivity contribution in [1.82, 2.24) is 9.97 Å². The van der Waals surface area contributed by atoms with Gasteiger partial charge in [0, 0.05) is 24.6 Å². The van der Waals surface area contributed by atoms with E-state index in [-0.39, 0.29) is 11.9 Å². The third-order valence-corrected chi connectivity index (χ3v) is 4.28. The molecule has 1 amide bonds. The van der Waals surface area contributed by atoms with E-state index >= 15 is 0 Å². The quantitative estimate of drug-likeness (QED) is 0.602. The molecule has 0 aliphatic heterocycles. The van der Waals surface area contributed by atoms with E-state index in [1.807, 2.05) is 12.1 Å². The highest BCUT2D eigenvalue weighted by atomic mass is 16.5. The minimum Gasteiger partial charge on any atom is -0.493 e. The topological polar surface area (TPSA) is 109 Å². The number of nitrogen functional groups attached to an aromatic ring is 1. The SMILES string of the molecule is CCCCCC(=O)Nc1ncc(Cc2cc(OC)c(OC)c(OC)c2)c(N)n1. The molecule has 0 atom stereocenters. The highest BCUT2D eigenvalue weighted by Crippen LogP contribution is 2.38. The molecule has 0 radical (unpaired) electrons. The van der Waals surface area contributed by atoms with Crippen LogP contribution in [0.2, 0.25) is 0 Å². The molecule has 2 aromatic rings. The maximum Gasteiger partial charge on any atom is 0.231 e. The molecule has 8 nitrogen and oxygen atoms in total. The van der Waals surface area contributed by atoms with Gasteiger partial charge in [-0.3, -0.25) is 10.1 Å². The molecule has 1 aromatic carbocycles. The number of anilines is 2. The number of hydrogen-bond donors (Lipinski definition) is 2. The van der Waals surface area contributed by atoms with Crippen molar-refractivity contribution in [2.75, 3.05) is 32.4 Å². The lowest BCUT2D eigenvalue weighted by Crippen LogP contribution is -2.14. The Bertz CT molecular complexity index is 786. The molecule has 2 rings (SSSR count). The Morgan fingerprint density at radius 3 is 2.32 bits per heavy atom. The number of nitrogens with zero attached hydrogens (tertiary/aromatic N) is 2. The zero-order chi connectivity index (χ0) is 20.5. The van der Waals surface area contributed by atoms with Crippen LogP contribution in [0, 0.1) is 0 Å². The van der Waals surface area contributed by atoms with Crippen LogP contribution in [0.25, 0.3) is 0 Å². The molecule has 0 bridgehead atoms. The summed E-state index contributed by atoms with van der Waals surface area (Å²) in [7, 11) is 4.69. The van der Waals surface area contributed by atoms with Crippen molar-refractivity contribution in [1.29, 1.82) is 0 Å². The average molecular weight is 388 g/mol. The fourth-order valence-corrected chi connectivity index (χ4v) is 2.80. The van der Waals surface area contributed by atoms with Crippen molar-refractivity contribution in [2.24, 2.45) is 0 Å². The van der Waals surface area contributed by atoms with Crippen LogP contribution in [0.15, 0.2) is 18.3 Å². The summed E-state index contributed by atoms with van der Waals surface area (Å²) in [5, 5.41) is 2.69. The van der Waals surface area contributed by atoms with E-state index in [9.17, 15) is 4.79 Å². The first-order valence-electron chi connectivity index (χ1n) is 9.22. The van der Waals surface area contributed by atoms with Gasteiger partial charge in [-0.2, -0.15) is 4.98 Å². The van der Waals surface area contributed by atoms with Gasteiger partial charge in [-0.15, -0.1) is 0 Å². The summed E-state index contributed by atoms with van der Waals surface area (Å²) in [6.45, 7) is 2.09. The highest BCUT2D eigenvalue weighted by molar-refractivity contribution is 5.89. The predicted molar refractivity (Wildman–Crippen MR) is 108 cm³/mol. The van der Waals surface area contributed by atoms with Gasteiger partial charge in [-0.25, -0.2) is 4.98 Å². The van der Waals surface area contributed by atoms with E-state index in [2.05, 4.69) is 22.2 Å². The number of aromatic nitrogens is 2. The molecule has 152 valence electrons. The molecule has 0 saturated carbocycles. The maximum absolute atomic E-state index is 11.9. The van der Waals surface area contributed by atoms with Gasteiger partial charge in [0.15, 0.2) is 11.5 Å². The Morgan fingerprint density at radius 2 is 1.79 bits per heavy atom. The predicted octanol–water partition coefficient (Wildman–Crippen LogP) is 3.19. The number of nitrogens with two attached hydrogens (primary N) is 1. The van der Waals surface area contributed by atoms with Crippen molar-refractivity contribution < 1.29 is 19.0 Å². The first-order valence-corrected chi connectivity index (χ1v) is 9.22. The normalized spacial score (nSPS) is 10.4. The second-order valence-electron chi connectivity index (χ2n) is 6.32. The Balaban J connectivity index is 2.14. The third-order valence-electron chi connectivity index (χ3n) is 4.28. The van der Waals surface area contributed by atoms with Gasteiger partial charge in [0.25, 0.3) is 0 Å². The van der Waals surface area contributed by atoms with Crippen molar-refractivity contribution in [3.05, 3.63) is 29.5 Å². The van der Waals surface area contributed by atoms with Crippen LogP contribution >= 0.6 is 0 Å². The number of unbranched alkanes of at least 4 members (excludes halogenated alkanes) is 2. The number of nitrogens with one attached hydrogen (secondary N) is 1. The van der Waals surface area contributed by atoms with Crippen molar-refractivity contribution in [3.8, 4) is 17.2 Å². The van der Waals surface area contributed by atoms with Gasteiger partial charge in [-0.1, -0.05) is 19.8 Å². The summed E-state index contributed by atoms with van der Waals surface area (Å²) in [6, 6.07) is 3.70. The van der Waals surface area contributed by atoms with Gasteiger partial charge in [0.2, 0.25) is 17.6 Å². The van der Waals surface area contributed by atoms with Crippen LogP contribution in [0.4, 0.5) is 11.8 Å². The molecule has 3 N–H and O–H groups in total. The molecular formula is C20H28N4O4. The van der Waals surface area contributed by atoms with Gasteiger partial charge < -0.3 is 19.9 Å². The highest BCUT2D eigenvalue weighted by Gasteiger charge is 2.15. The molecule has 0 unspecified atom stereocenters. The average Bonchev–Trinajstić information content (AvgIpc) is 2.69. The van der Waals surface area contributed by atoms with E-state index in [1.54, 1.807) is 27.5 Å². The zero-order valence-corrected chi connectivity index (χ0v) is 16.9. The fourth-order valence-electron chi connectivity index (χ4n) is 2.80. The minimum absolute atomic E-state index is 0.106. The summed E-state index contributed by atoms with van der Waals surface area (Å²) in [5.41, 5.74) is 7.71. The number of methoxy groups -OCH3 is 3. The second-order valence-corrected chi connectivity index (χ2v) is 6.32. The molecule has 28 heavy (non-hydrogen) atoms. The van der Waals surface area contributed by atoms with E-state index < -0.39 is 0 Å². The molecule has 1 aromatic heterocycles. The standard InChI is InChI=1S/C20H28N4O4/c1-5-6-7-8-17(25)23-20-22-12-14(19(21)24-20)9-13-10-15(26-2)18(28-4)16(11-13)27-3/h10-12H,5-9H2,1-4H3,(H3,21,22,23,24,25). The summed E-state index contributed by atoms with van der Waals surface area (Å²) in [5.74, 6) is 2.07. The molecule has 8 heteroatoms. The Morgan fingerprint density at radius 1 is 1.11 bits per heavy atom. The third kappa shape index (κ3) is 5.48. The molecule has 0 saturated heterocycles. The van der Waals surface area contributed by atoms with Gasteiger partial charge >= 0.3 is 0 Å². The number of carbonyl (C=O) groups excluding carboxylic acids is 1. The number of hydrogen-bond acceptors (Lipinski definition) is 7. The largest absolute Gasteiger partial charge is 0.493 e. The Labute approximate surface area is 165 Å².